The van der Waals surface area contributed by atoms with Crippen LogP contribution in [-0.2, 0) is 14.4 Å². The molecule has 0 unspecified atom stereocenters. The maximum Gasteiger partial charge on any atom is 0.245 e. The third-order valence-corrected chi connectivity index (χ3v) is 7.47. The third kappa shape index (κ3) is 5.39. The van der Waals surface area contributed by atoms with Gasteiger partial charge < -0.3 is 20.9 Å². The number of hydrogen-bond donors (Lipinski definition) is 3. The number of anilines is 1. The van der Waals surface area contributed by atoms with Gasteiger partial charge >= 0.3 is 0 Å². The molecule has 0 aromatic heterocycles. The highest BCUT2D eigenvalue weighted by Crippen LogP contribution is 2.40. The molecule has 1 aliphatic carbocycles. The Bertz CT molecular complexity index is 1020. The molecule has 2 bridgehead atoms. The molecule has 10 heteroatoms. The Labute approximate surface area is 203 Å². The molecule has 35 heavy (non-hydrogen) atoms. The van der Waals surface area contributed by atoms with E-state index in [1.807, 2.05) is 0 Å². The van der Waals surface area contributed by atoms with Crippen LogP contribution in [-0.4, -0.2) is 53.3 Å². The van der Waals surface area contributed by atoms with Crippen molar-refractivity contribution < 1.29 is 23.2 Å². The van der Waals surface area contributed by atoms with Crippen molar-refractivity contribution in [3.8, 4) is 6.07 Å². The Kier molecular flexibility index (Phi) is 7.53. The van der Waals surface area contributed by atoms with Crippen LogP contribution < -0.4 is 16.0 Å². The summed E-state index contributed by atoms with van der Waals surface area (Å²) in [6.45, 7) is 2.18. The molecule has 1 aromatic rings. The molecule has 4 fully saturated rings. The minimum atomic E-state index is -0.890. The van der Waals surface area contributed by atoms with Gasteiger partial charge in [0, 0.05) is 18.5 Å². The number of rotatable bonds is 7. The number of fused-ring (bicyclic) bond motifs is 3. The van der Waals surface area contributed by atoms with E-state index >= 15 is 0 Å². The fourth-order valence-corrected chi connectivity index (χ4v) is 5.68. The highest BCUT2D eigenvalue weighted by molar-refractivity contribution is 5.92. The zero-order valence-corrected chi connectivity index (χ0v) is 19.7. The highest BCUT2D eigenvalue weighted by atomic mass is 19.1. The summed E-state index contributed by atoms with van der Waals surface area (Å²) in [6, 6.07) is 2.46. The molecule has 4 aliphatic rings. The first-order valence-corrected chi connectivity index (χ1v) is 12.3. The molecule has 1 aromatic carbocycles. The van der Waals surface area contributed by atoms with E-state index in [9.17, 15) is 28.4 Å². The zero-order chi connectivity index (χ0) is 25.1. The number of carbonyl (C=O) groups excluding carboxylic acids is 3. The van der Waals surface area contributed by atoms with Gasteiger partial charge in [-0.1, -0.05) is 0 Å². The molecule has 5 rings (SSSR count). The van der Waals surface area contributed by atoms with Gasteiger partial charge in [0.1, 0.15) is 29.8 Å². The Morgan fingerprint density at radius 2 is 1.97 bits per heavy atom. The predicted octanol–water partition coefficient (Wildman–Crippen LogP) is 2.46. The number of hydrogen-bond acceptors (Lipinski definition) is 5. The van der Waals surface area contributed by atoms with Gasteiger partial charge in [-0.2, -0.15) is 5.26 Å². The van der Waals surface area contributed by atoms with Gasteiger partial charge in [-0.3, -0.25) is 14.4 Å². The normalized spacial score (nSPS) is 27.4. The molecule has 3 N–H and O–H groups in total. The van der Waals surface area contributed by atoms with Crippen molar-refractivity contribution in [3.63, 3.8) is 0 Å². The maximum atomic E-state index is 14.1. The molecule has 3 heterocycles. The lowest BCUT2D eigenvalue weighted by atomic mass is 9.74. The van der Waals surface area contributed by atoms with E-state index in [1.165, 1.54) is 0 Å². The highest BCUT2D eigenvalue weighted by Gasteiger charge is 2.48. The summed E-state index contributed by atoms with van der Waals surface area (Å²) in [5.74, 6) is -2.56. The van der Waals surface area contributed by atoms with Crippen molar-refractivity contribution in [1.29, 1.82) is 5.26 Å². The summed E-state index contributed by atoms with van der Waals surface area (Å²) in [4.78, 5) is 40.5. The van der Waals surface area contributed by atoms with Gasteiger partial charge in [-0.05, 0) is 76.0 Å². The van der Waals surface area contributed by atoms with Gasteiger partial charge in [0.15, 0.2) is 0 Å². The lowest BCUT2D eigenvalue weighted by molar-refractivity contribution is -0.154. The van der Waals surface area contributed by atoms with E-state index in [4.69, 9.17) is 0 Å². The molecular formula is C25H31F2N5O3. The minimum absolute atomic E-state index is 0.0422. The molecule has 188 valence electrons. The van der Waals surface area contributed by atoms with E-state index in [0.717, 1.165) is 50.3 Å². The van der Waals surface area contributed by atoms with Crippen LogP contribution in [0.25, 0.3) is 0 Å². The molecule has 3 aliphatic heterocycles. The van der Waals surface area contributed by atoms with Crippen LogP contribution in [0.15, 0.2) is 18.2 Å². The first-order valence-electron chi connectivity index (χ1n) is 12.3. The van der Waals surface area contributed by atoms with Crippen molar-refractivity contribution in [3.05, 3.63) is 29.8 Å². The van der Waals surface area contributed by atoms with Crippen molar-refractivity contribution in [2.45, 2.75) is 76.0 Å². The molecule has 8 nitrogen and oxygen atoms in total. The smallest absolute Gasteiger partial charge is 0.245 e. The number of benzene rings is 1. The third-order valence-electron chi connectivity index (χ3n) is 7.47. The Balaban J connectivity index is 1.47. The van der Waals surface area contributed by atoms with Gasteiger partial charge in [0.05, 0.1) is 11.8 Å². The zero-order valence-electron chi connectivity index (χ0n) is 19.7. The fraction of sp³-hybridized carbons (Fsp3) is 0.600. The first kappa shape index (κ1) is 24.9. The molecule has 3 saturated heterocycles. The average Bonchev–Trinajstić information content (AvgIpc) is 2.86. The first-order chi connectivity index (χ1) is 16.8. The van der Waals surface area contributed by atoms with Crippen LogP contribution in [0.5, 0.6) is 0 Å². The summed E-state index contributed by atoms with van der Waals surface area (Å²) in [5, 5.41) is 18.0. The SMILES string of the molecule is C[C@H](Nc1cc(F)ccc1F)C(=O)N1C2CCC(CC2)[C@H]1C(=O)N[C@@H](C#N)C[C@H]1CCCNC1=O. The van der Waals surface area contributed by atoms with Crippen molar-refractivity contribution in [2.75, 3.05) is 11.9 Å². The molecular weight excluding hydrogens is 456 g/mol. The van der Waals surface area contributed by atoms with E-state index < -0.39 is 35.7 Å². The molecule has 0 radical (unpaired) electrons. The number of carbonyl (C=O) groups is 3. The number of halogens is 2. The van der Waals surface area contributed by atoms with Gasteiger partial charge in [0.25, 0.3) is 0 Å². The minimum Gasteiger partial charge on any atom is -0.371 e. The van der Waals surface area contributed by atoms with Crippen LogP contribution in [0.2, 0.25) is 0 Å². The van der Waals surface area contributed by atoms with Crippen molar-refractivity contribution in [2.24, 2.45) is 11.8 Å². The lowest BCUT2D eigenvalue weighted by Crippen LogP contribution is -2.65. The number of nitriles is 1. The van der Waals surface area contributed by atoms with E-state index in [0.29, 0.717) is 13.0 Å². The molecule has 3 amide bonds. The molecule has 4 atom stereocenters. The quantitative estimate of drug-likeness (QED) is 0.547. The summed E-state index contributed by atoms with van der Waals surface area (Å²) in [5.41, 5.74) is -0.121. The van der Waals surface area contributed by atoms with Crippen LogP contribution in [0.4, 0.5) is 14.5 Å². The average molecular weight is 488 g/mol. The fourth-order valence-electron chi connectivity index (χ4n) is 5.68. The van der Waals surface area contributed by atoms with E-state index in [-0.39, 0.29) is 41.8 Å². The Hall–Kier alpha value is -3.22. The molecule has 1 saturated carbocycles. The number of amides is 3. The number of nitrogens with zero attached hydrogens (tertiary/aromatic N) is 2. The monoisotopic (exact) mass is 487 g/mol. The predicted molar refractivity (Wildman–Crippen MR) is 124 cm³/mol. The standard InChI is InChI=1S/C25H31F2N5O3/c1-14(30-21-12-17(26)6-9-20(21)27)25(35)32-19-7-4-15(5-8-19)22(32)24(34)31-18(13-28)11-16-3-2-10-29-23(16)33/h6,9,12,14-16,18-19,22,30H,2-5,7-8,10-11H2,1H3,(H,29,33)(H,31,34)/t14-,15?,16+,18+,19?,22-/m0/s1. The van der Waals surface area contributed by atoms with Crippen molar-refractivity contribution >= 4 is 23.4 Å². The van der Waals surface area contributed by atoms with E-state index in [2.05, 4.69) is 22.0 Å². The second-order valence-electron chi connectivity index (χ2n) is 9.81. The second kappa shape index (κ2) is 10.6. The van der Waals surface area contributed by atoms with Crippen LogP contribution >= 0.6 is 0 Å². The Morgan fingerprint density at radius 3 is 2.66 bits per heavy atom. The van der Waals surface area contributed by atoms with E-state index in [1.54, 1.807) is 11.8 Å². The van der Waals surface area contributed by atoms with Crippen molar-refractivity contribution in [1.82, 2.24) is 15.5 Å². The van der Waals surface area contributed by atoms with Crippen LogP contribution in [0.1, 0.15) is 51.9 Å². The maximum absolute atomic E-state index is 14.1. The van der Waals surface area contributed by atoms with Crippen LogP contribution in [0, 0.1) is 34.8 Å². The summed E-state index contributed by atoms with van der Waals surface area (Å²) in [6.07, 6.45) is 4.85. The van der Waals surface area contributed by atoms with Crippen LogP contribution in [0.3, 0.4) is 0 Å². The largest absolute Gasteiger partial charge is 0.371 e. The topological polar surface area (TPSA) is 114 Å². The van der Waals surface area contributed by atoms with Gasteiger partial charge in [-0.15, -0.1) is 0 Å². The number of nitrogens with one attached hydrogen (secondary N) is 3. The Morgan fingerprint density at radius 1 is 1.23 bits per heavy atom. The number of piperidine rings is 3. The summed E-state index contributed by atoms with van der Waals surface area (Å²) >= 11 is 0. The van der Waals surface area contributed by atoms with Gasteiger partial charge in [-0.25, -0.2) is 8.78 Å². The summed E-state index contributed by atoms with van der Waals surface area (Å²) < 4.78 is 27.7. The summed E-state index contributed by atoms with van der Waals surface area (Å²) in [7, 11) is 0. The lowest BCUT2D eigenvalue weighted by Gasteiger charge is -2.51. The van der Waals surface area contributed by atoms with Gasteiger partial charge in [0.2, 0.25) is 17.7 Å². The second-order valence-corrected chi connectivity index (χ2v) is 9.81. The molecule has 0 spiro atoms.